The van der Waals surface area contributed by atoms with Crippen LogP contribution in [0.5, 0.6) is 0 Å². The van der Waals surface area contributed by atoms with Crippen LogP contribution in [0.4, 0.5) is 11.4 Å². The van der Waals surface area contributed by atoms with Crippen LogP contribution in [0.25, 0.3) is 10.2 Å². The van der Waals surface area contributed by atoms with Crippen molar-refractivity contribution in [3.8, 4) is 0 Å². The number of thiophene rings is 1. The van der Waals surface area contributed by atoms with Crippen LogP contribution >= 0.6 is 11.3 Å². The van der Waals surface area contributed by atoms with Crippen LogP contribution < -0.4 is 15.8 Å². The number of carbonyl (C=O) groups excluding carboxylic acids is 1. The van der Waals surface area contributed by atoms with Crippen LogP contribution in [0.15, 0.2) is 35.4 Å². The third-order valence-corrected chi connectivity index (χ3v) is 7.66. The Kier molecular flexibility index (Phi) is 5.52. The predicted octanol–water partition coefficient (Wildman–Crippen LogP) is 4.21. The third kappa shape index (κ3) is 4.11. The molecular weight excluding hydrogens is 408 g/mol. The van der Waals surface area contributed by atoms with Gasteiger partial charge in [-0.05, 0) is 67.9 Å². The molecule has 0 bridgehead atoms. The Labute approximate surface area is 185 Å². The molecule has 2 aromatic heterocycles. The van der Waals surface area contributed by atoms with E-state index in [0.29, 0.717) is 6.54 Å². The number of anilines is 2. The monoisotopic (exact) mass is 436 g/mol. The summed E-state index contributed by atoms with van der Waals surface area (Å²) in [6, 6.07) is 8.03. The van der Waals surface area contributed by atoms with E-state index < -0.39 is 0 Å². The summed E-state index contributed by atoms with van der Waals surface area (Å²) < 4.78 is 1.58. The molecule has 1 fully saturated rings. The smallest absolute Gasteiger partial charge is 0.262 e. The molecule has 1 amide bonds. The van der Waals surface area contributed by atoms with E-state index in [1.807, 2.05) is 12.1 Å². The molecule has 5 rings (SSSR count). The molecule has 0 saturated carbocycles. The summed E-state index contributed by atoms with van der Waals surface area (Å²) in [5.41, 5.74) is 3.16. The zero-order valence-electron chi connectivity index (χ0n) is 17.9. The highest BCUT2D eigenvalue weighted by molar-refractivity contribution is 7.18. The summed E-state index contributed by atoms with van der Waals surface area (Å²) in [7, 11) is 0. The molecule has 1 atom stereocenters. The van der Waals surface area contributed by atoms with Gasteiger partial charge in [-0.2, -0.15) is 0 Å². The first kappa shape index (κ1) is 20.2. The van der Waals surface area contributed by atoms with Gasteiger partial charge < -0.3 is 10.2 Å². The number of nitrogens with zero attached hydrogens (tertiary/aromatic N) is 3. The summed E-state index contributed by atoms with van der Waals surface area (Å²) in [5.74, 6) is 0.637. The maximum absolute atomic E-state index is 13.0. The van der Waals surface area contributed by atoms with E-state index in [9.17, 15) is 9.59 Å². The Hall–Kier alpha value is -2.67. The lowest BCUT2D eigenvalue weighted by molar-refractivity contribution is -0.116. The Bertz CT molecular complexity index is 1160. The van der Waals surface area contributed by atoms with Gasteiger partial charge in [0.25, 0.3) is 5.56 Å². The first-order valence-corrected chi connectivity index (χ1v) is 12.0. The fourth-order valence-corrected chi connectivity index (χ4v) is 5.93. The van der Waals surface area contributed by atoms with Crippen molar-refractivity contribution < 1.29 is 4.79 Å². The fraction of sp³-hybridized carbons (Fsp3) is 0.458. The van der Waals surface area contributed by atoms with E-state index >= 15 is 0 Å². The van der Waals surface area contributed by atoms with Crippen LogP contribution in [-0.4, -0.2) is 28.5 Å². The molecule has 7 heteroatoms. The number of benzene rings is 1. The van der Waals surface area contributed by atoms with Crippen molar-refractivity contribution in [1.82, 2.24) is 9.55 Å². The Balaban J connectivity index is 1.23. The van der Waals surface area contributed by atoms with E-state index in [-0.39, 0.29) is 17.9 Å². The van der Waals surface area contributed by atoms with Crippen molar-refractivity contribution >= 4 is 38.8 Å². The number of amides is 1. The van der Waals surface area contributed by atoms with E-state index in [4.69, 9.17) is 0 Å². The second-order valence-corrected chi connectivity index (χ2v) is 9.90. The first-order valence-electron chi connectivity index (χ1n) is 11.2. The molecule has 6 nitrogen and oxygen atoms in total. The van der Waals surface area contributed by atoms with Crippen LogP contribution in [-0.2, 0) is 24.2 Å². The molecular formula is C24H28N4O2S. The van der Waals surface area contributed by atoms with Crippen molar-refractivity contribution in [2.75, 3.05) is 23.3 Å². The van der Waals surface area contributed by atoms with Gasteiger partial charge in [0.05, 0.1) is 11.7 Å². The van der Waals surface area contributed by atoms with Crippen molar-refractivity contribution in [2.45, 2.75) is 52.0 Å². The van der Waals surface area contributed by atoms with E-state index in [2.05, 4.69) is 34.3 Å². The summed E-state index contributed by atoms with van der Waals surface area (Å²) in [4.78, 5) is 34.5. The molecule has 1 aromatic carbocycles. The minimum atomic E-state index is -0.0955. The van der Waals surface area contributed by atoms with Crippen LogP contribution in [0.1, 0.15) is 43.0 Å². The number of rotatable bonds is 5. The Morgan fingerprint density at radius 3 is 2.81 bits per heavy atom. The average molecular weight is 437 g/mol. The van der Waals surface area contributed by atoms with E-state index in [0.717, 1.165) is 54.2 Å². The summed E-state index contributed by atoms with van der Waals surface area (Å²) in [6.07, 6.45) is 7.39. The van der Waals surface area contributed by atoms with Crippen molar-refractivity contribution in [2.24, 2.45) is 5.92 Å². The third-order valence-electron chi connectivity index (χ3n) is 6.46. The van der Waals surface area contributed by atoms with Crippen LogP contribution in [0, 0.1) is 5.92 Å². The molecule has 1 aliphatic heterocycles. The molecule has 2 aliphatic rings. The highest BCUT2D eigenvalue weighted by Crippen LogP contribution is 2.33. The largest absolute Gasteiger partial charge is 0.371 e. The Morgan fingerprint density at radius 1 is 1.23 bits per heavy atom. The first-order chi connectivity index (χ1) is 15.1. The zero-order valence-corrected chi connectivity index (χ0v) is 18.7. The van der Waals surface area contributed by atoms with Crippen LogP contribution in [0.3, 0.4) is 0 Å². The van der Waals surface area contributed by atoms with Crippen LogP contribution in [0.2, 0.25) is 0 Å². The van der Waals surface area contributed by atoms with Gasteiger partial charge in [-0.15, -0.1) is 11.3 Å². The molecule has 3 aromatic rings. The molecule has 31 heavy (non-hydrogen) atoms. The lowest BCUT2D eigenvalue weighted by Gasteiger charge is -2.18. The maximum Gasteiger partial charge on any atom is 0.262 e. The predicted molar refractivity (Wildman–Crippen MR) is 126 cm³/mol. The minimum Gasteiger partial charge on any atom is -0.371 e. The fourth-order valence-electron chi connectivity index (χ4n) is 4.71. The topological polar surface area (TPSA) is 67.2 Å². The summed E-state index contributed by atoms with van der Waals surface area (Å²) >= 11 is 1.65. The second kappa shape index (κ2) is 8.46. The number of aryl methyl sites for hydroxylation is 3. The number of aromatic nitrogens is 2. The van der Waals surface area contributed by atoms with Gasteiger partial charge in [0.15, 0.2) is 0 Å². The standard InChI is InChI=1S/C24H28N4O2S/c1-16-10-12-27(14-16)18-8-6-17(7-9-18)26-21(29)11-13-28-15-25-23-22(24(28)30)19-4-2-3-5-20(19)31-23/h6-9,15-16H,2-5,10-14H2,1H3,(H,26,29). The maximum atomic E-state index is 13.0. The number of carbonyl (C=O) groups is 1. The van der Waals surface area contributed by atoms with Crippen molar-refractivity contribution in [3.63, 3.8) is 0 Å². The molecule has 0 radical (unpaired) electrons. The zero-order chi connectivity index (χ0) is 21.4. The molecule has 0 spiro atoms. The molecule has 3 heterocycles. The van der Waals surface area contributed by atoms with Gasteiger partial charge in [-0.1, -0.05) is 6.92 Å². The average Bonchev–Trinajstić information content (AvgIpc) is 3.37. The van der Waals surface area contributed by atoms with Crippen molar-refractivity contribution in [1.29, 1.82) is 0 Å². The molecule has 162 valence electrons. The number of hydrogen-bond donors (Lipinski definition) is 1. The number of fused-ring (bicyclic) bond motifs is 3. The summed E-state index contributed by atoms with van der Waals surface area (Å²) in [5, 5.41) is 3.72. The normalized spacial score (nSPS) is 18.4. The van der Waals surface area contributed by atoms with E-state index in [1.165, 1.54) is 29.0 Å². The number of hydrogen-bond acceptors (Lipinski definition) is 5. The van der Waals surface area contributed by atoms with E-state index in [1.54, 1.807) is 22.2 Å². The minimum absolute atomic E-state index is 0.0126. The molecule has 1 saturated heterocycles. The van der Waals surface area contributed by atoms with Gasteiger partial charge >= 0.3 is 0 Å². The molecule has 1 aliphatic carbocycles. The van der Waals surface area contributed by atoms with Gasteiger partial charge in [0.2, 0.25) is 5.91 Å². The van der Waals surface area contributed by atoms with Gasteiger partial charge in [0, 0.05) is 42.3 Å². The quantitative estimate of drug-likeness (QED) is 0.651. The highest BCUT2D eigenvalue weighted by Gasteiger charge is 2.20. The SMILES string of the molecule is CC1CCN(c2ccc(NC(=O)CCn3cnc4sc5c(c4c3=O)CCCC5)cc2)C1. The van der Waals surface area contributed by atoms with Crippen molar-refractivity contribution in [3.05, 3.63) is 51.4 Å². The number of nitrogens with one attached hydrogen (secondary N) is 1. The Morgan fingerprint density at radius 2 is 2.03 bits per heavy atom. The molecule has 1 N–H and O–H groups in total. The lowest BCUT2D eigenvalue weighted by atomic mass is 9.97. The second-order valence-electron chi connectivity index (χ2n) is 8.82. The van der Waals surface area contributed by atoms with Gasteiger partial charge in [-0.3, -0.25) is 14.2 Å². The summed E-state index contributed by atoms with van der Waals surface area (Å²) in [6.45, 7) is 4.79. The lowest BCUT2D eigenvalue weighted by Crippen LogP contribution is -2.24. The highest BCUT2D eigenvalue weighted by atomic mass is 32.1. The molecule has 1 unspecified atom stereocenters. The van der Waals surface area contributed by atoms with Gasteiger partial charge in [0.1, 0.15) is 4.83 Å². The van der Waals surface area contributed by atoms with Gasteiger partial charge in [-0.25, -0.2) is 4.98 Å².